The first-order valence-electron chi connectivity index (χ1n) is 12.5. The molecule has 0 saturated carbocycles. The van der Waals surface area contributed by atoms with Gasteiger partial charge in [-0.15, -0.1) is 0 Å². The van der Waals surface area contributed by atoms with Gasteiger partial charge in [0.25, 0.3) is 11.8 Å². The van der Waals surface area contributed by atoms with Crippen molar-refractivity contribution in [2.45, 2.75) is 25.9 Å². The number of amides is 2. The largest absolute Gasteiger partial charge is 0.490 e. The molecule has 0 aromatic heterocycles. The standard InChI is InChI=1S/C30H32N2O5/c1-22-8-5-6-12-28(22)37-19-18-36-25-15-13-23(14-16-25)20-27(30(34)31-21-26-11-7-17-35-26)32-29(33)24-9-3-2-4-10-24/h2-6,8-10,12-16,20,26H,7,11,17-19,21H2,1H3,(H,31,34)(H,32,33). The summed E-state index contributed by atoms with van der Waals surface area (Å²) in [5.74, 6) is 0.804. The van der Waals surface area contributed by atoms with E-state index in [1.54, 1.807) is 30.3 Å². The van der Waals surface area contributed by atoms with Crippen LogP contribution in [-0.2, 0) is 9.53 Å². The van der Waals surface area contributed by atoms with Crippen molar-refractivity contribution in [2.75, 3.05) is 26.4 Å². The van der Waals surface area contributed by atoms with Crippen molar-refractivity contribution in [1.29, 1.82) is 0 Å². The van der Waals surface area contributed by atoms with Crippen LogP contribution in [0.1, 0.15) is 34.3 Å². The fraction of sp³-hybridized carbons (Fsp3) is 0.267. The second-order valence-corrected chi connectivity index (χ2v) is 8.75. The van der Waals surface area contributed by atoms with Gasteiger partial charge < -0.3 is 24.8 Å². The van der Waals surface area contributed by atoms with E-state index in [0.717, 1.165) is 29.7 Å². The van der Waals surface area contributed by atoms with Gasteiger partial charge in [-0.1, -0.05) is 48.5 Å². The van der Waals surface area contributed by atoms with E-state index in [9.17, 15) is 9.59 Å². The first-order valence-corrected chi connectivity index (χ1v) is 12.5. The van der Waals surface area contributed by atoms with E-state index in [-0.39, 0.29) is 23.6 Å². The van der Waals surface area contributed by atoms with Gasteiger partial charge in [0.1, 0.15) is 30.4 Å². The summed E-state index contributed by atoms with van der Waals surface area (Å²) >= 11 is 0. The quantitative estimate of drug-likeness (QED) is 0.299. The van der Waals surface area contributed by atoms with E-state index in [0.29, 0.717) is 37.7 Å². The molecule has 192 valence electrons. The third-order valence-corrected chi connectivity index (χ3v) is 5.94. The molecule has 1 saturated heterocycles. The average Bonchev–Trinajstić information content (AvgIpc) is 3.45. The number of rotatable bonds is 11. The highest BCUT2D eigenvalue weighted by Gasteiger charge is 2.19. The van der Waals surface area contributed by atoms with Crippen LogP contribution < -0.4 is 20.1 Å². The molecule has 1 atom stereocenters. The van der Waals surface area contributed by atoms with E-state index in [2.05, 4.69) is 10.6 Å². The Balaban J connectivity index is 1.37. The summed E-state index contributed by atoms with van der Waals surface area (Å²) < 4.78 is 17.1. The lowest BCUT2D eigenvalue weighted by molar-refractivity contribution is -0.118. The molecule has 7 nitrogen and oxygen atoms in total. The topological polar surface area (TPSA) is 85.9 Å². The van der Waals surface area contributed by atoms with Crippen LogP contribution in [0.4, 0.5) is 0 Å². The molecular weight excluding hydrogens is 468 g/mol. The monoisotopic (exact) mass is 500 g/mol. The zero-order valence-electron chi connectivity index (χ0n) is 20.9. The number of nitrogens with one attached hydrogen (secondary N) is 2. The van der Waals surface area contributed by atoms with Gasteiger partial charge in [0, 0.05) is 18.7 Å². The average molecular weight is 501 g/mol. The predicted octanol–water partition coefficient (Wildman–Crippen LogP) is 4.52. The molecule has 1 fully saturated rings. The van der Waals surface area contributed by atoms with Crippen molar-refractivity contribution in [2.24, 2.45) is 0 Å². The van der Waals surface area contributed by atoms with Crippen LogP contribution in [0.15, 0.2) is 84.6 Å². The molecular formula is C30H32N2O5. The lowest BCUT2D eigenvalue weighted by Gasteiger charge is -2.14. The van der Waals surface area contributed by atoms with Crippen molar-refractivity contribution in [3.63, 3.8) is 0 Å². The summed E-state index contributed by atoms with van der Waals surface area (Å²) in [5.41, 5.74) is 2.46. The molecule has 1 aliphatic rings. The highest BCUT2D eigenvalue weighted by Crippen LogP contribution is 2.17. The Bertz CT molecular complexity index is 1200. The number of hydrogen-bond donors (Lipinski definition) is 2. The van der Waals surface area contributed by atoms with Crippen molar-refractivity contribution in [3.05, 3.63) is 101 Å². The molecule has 1 aliphatic heterocycles. The maximum absolute atomic E-state index is 13.0. The minimum atomic E-state index is -0.367. The first kappa shape index (κ1) is 26.0. The van der Waals surface area contributed by atoms with Crippen molar-refractivity contribution >= 4 is 17.9 Å². The lowest BCUT2D eigenvalue weighted by Crippen LogP contribution is -2.38. The van der Waals surface area contributed by atoms with Gasteiger partial charge in [-0.2, -0.15) is 0 Å². The van der Waals surface area contributed by atoms with Gasteiger partial charge in [-0.3, -0.25) is 9.59 Å². The molecule has 1 unspecified atom stereocenters. The van der Waals surface area contributed by atoms with E-state index in [1.165, 1.54) is 0 Å². The Morgan fingerprint density at radius 2 is 1.68 bits per heavy atom. The zero-order chi connectivity index (χ0) is 25.9. The molecule has 0 radical (unpaired) electrons. The molecule has 3 aromatic rings. The van der Waals surface area contributed by atoms with Crippen molar-refractivity contribution < 1.29 is 23.8 Å². The molecule has 4 rings (SSSR count). The lowest BCUT2D eigenvalue weighted by atomic mass is 10.1. The number of para-hydroxylation sites is 1. The Morgan fingerprint density at radius 3 is 2.41 bits per heavy atom. The maximum Gasteiger partial charge on any atom is 0.267 e. The number of carbonyl (C=O) groups excluding carboxylic acids is 2. The fourth-order valence-corrected chi connectivity index (χ4v) is 3.91. The molecule has 0 aliphatic carbocycles. The van der Waals surface area contributed by atoms with Crippen molar-refractivity contribution in [3.8, 4) is 11.5 Å². The first-order chi connectivity index (χ1) is 18.1. The van der Waals surface area contributed by atoms with Crippen LogP contribution in [0.2, 0.25) is 0 Å². The fourth-order valence-electron chi connectivity index (χ4n) is 3.91. The molecule has 0 spiro atoms. The van der Waals surface area contributed by atoms with Crippen LogP contribution in [0.5, 0.6) is 11.5 Å². The molecule has 37 heavy (non-hydrogen) atoms. The Hall–Kier alpha value is -4.10. The highest BCUT2D eigenvalue weighted by molar-refractivity contribution is 6.05. The van der Waals surface area contributed by atoms with E-state index in [1.807, 2.05) is 61.5 Å². The Morgan fingerprint density at radius 1 is 0.946 bits per heavy atom. The minimum Gasteiger partial charge on any atom is -0.490 e. The van der Waals surface area contributed by atoms with Gasteiger partial charge in [0.05, 0.1) is 6.10 Å². The van der Waals surface area contributed by atoms with Crippen LogP contribution in [0.25, 0.3) is 6.08 Å². The number of ether oxygens (including phenoxy) is 3. The van der Waals surface area contributed by atoms with Gasteiger partial charge in [0.2, 0.25) is 0 Å². The Kier molecular flexibility index (Phi) is 9.32. The summed E-state index contributed by atoms with van der Waals surface area (Å²) in [6.45, 7) is 3.93. The second kappa shape index (κ2) is 13.3. The number of aryl methyl sites for hydroxylation is 1. The summed E-state index contributed by atoms with van der Waals surface area (Å²) in [4.78, 5) is 25.7. The van der Waals surface area contributed by atoms with Crippen LogP contribution in [0, 0.1) is 6.92 Å². The Labute approximate surface area is 217 Å². The third-order valence-electron chi connectivity index (χ3n) is 5.94. The minimum absolute atomic E-state index is 0.00115. The summed E-state index contributed by atoms with van der Waals surface area (Å²) in [5, 5.41) is 5.63. The van der Waals surface area contributed by atoms with E-state index in [4.69, 9.17) is 14.2 Å². The summed E-state index contributed by atoms with van der Waals surface area (Å²) in [6.07, 6.45) is 3.55. The van der Waals surface area contributed by atoms with Crippen LogP contribution >= 0.6 is 0 Å². The molecule has 0 bridgehead atoms. The maximum atomic E-state index is 13.0. The van der Waals surface area contributed by atoms with Gasteiger partial charge in [-0.25, -0.2) is 0 Å². The molecule has 2 amide bonds. The number of carbonyl (C=O) groups is 2. The molecule has 7 heteroatoms. The van der Waals surface area contributed by atoms with E-state index >= 15 is 0 Å². The van der Waals surface area contributed by atoms with Gasteiger partial charge in [-0.05, 0) is 67.3 Å². The van der Waals surface area contributed by atoms with E-state index < -0.39 is 0 Å². The third kappa shape index (κ3) is 7.95. The van der Waals surface area contributed by atoms with Gasteiger partial charge in [0.15, 0.2) is 0 Å². The predicted molar refractivity (Wildman–Crippen MR) is 142 cm³/mol. The smallest absolute Gasteiger partial charge is 0.267 e. The summed E-state index contributed by atoms with van der Waals surface area (Å²) in [6, 6.07) is 23.9. The second-order valence-electron chi connectivity index (χ2n) is 8.75. The normalized spacial score (nSPS) is 15.2. The van der Waals surface area contributed by atoms with Crippen LogP contribution in [0.3, 0.4) is 0 Å². The molecule has 1 heterocycles. The summed E-state index contributed by atoms with van der Waals surface area (Å²) in [7, 11) is 0. The zero-order valence-corrected chi connectivity index (χ0v) is 20.9. The van der Waals surface area contributed by atoms with Crippen LogP contribution in [-0.4, -0.2) is 44.3 Å². The SMILES string of the molecule is Cc1ccccc1OCCOc1ccc(C=C(NC(=O)c2ccccc2)C(=O)NCC2CCCO2)cc1. The molecule has 3 aromatic carbocycles. The van der Waals surface area contributed by atoms with Crippen molar-refractivity contribution in [1.82, 2.24) is 10.6 Å². The number of benzene rings is 3. The van der Waals surface area contributed by atoms with Gasteiger partial charge >= 0.3 is 0 Å². The molecule has 2 N–H and O–H groups in total. The number of hydrogen-bond acceptors (Lipinski definition) is 5. The highest BCUT2D eigenvalue weighted by atomic mass is 16.5.